The third-order valence-electron chi connectivity index (χ3n) is 4.55. The van der Waals surface area contributed by atoms with Crippen molar-refractivity contribution in [2.75, 3.05) is 5.75 Å². The molecule has 0 radical (unpaired) electrons. The van der Waals surface area contributed by atoms with Crippen molar-refractivity contribution in [2.45, 2.75) is 51.6 Å². The molecule has 2 aromatic rings. The highest BCUT2D eigenvalue weighted by Gasteiger charge is 2.28. The summed E-state index contributed by atoms with van der Waals surface area (Å²) < 4.78 is 0. The molecule has 0 saturated carbocycles. The largest absolute Gasteiger partial charge is 0.350 e. The van der Waals surface area contributed by atoms with E-state index < -0.39 is 16.5 Å². The molecule has 0 saturated heterocycles. The van der Waals surface area contributed by atoms with Gasteiger partial charge in [-0.15, -0.1) is 11.8 Å². The maximum absolute atomic E-state index is 13.1. The molecule has 0 aromatic heterocycles. The van der Waals surface area contributed by atoms with E-state index in [9.17, 15) is 19.7 Å². The number of carbonyl (C=O) groups is 2. The lowest BCUT2D eigenvalue weighted by atomic mass is 10.1. The van der Waals surface area contributed by atoms with Crippen molar-refractivity contribution in [2.24, 2.45) is 0 Å². The summed E-state index contributed by atoms with van der Waals surface area (Å²) in [6.07, 6.45) is 0. The Balaban J connectivity index is 2.08. The minimum atomic E-state index is -0.666. The molecule has 172 valence electrons. The molecule has 0 aliphatic rings. The molecule has 2 rings (SSSR count). The van der Waals surface area contributed by atoms with Gasteiger partial charge in [0.2, 0.25) is 11.8 Å². The number of nitro benzene ring substituents is 1. The maximum Gasteiger partial charge on any atom is 0.269 e. The van der Waals surface area contributed by atoms with E-state index >= 15 is 0 Å². The first-order valence-corrected chi connectivity index (χ1v) is 11.7. The van der Waals surface area contributed by atoms with Gasteiger partial charge in [0, 0.05) is 35.0 Å². The van der Waals surface area contributed by atoms with Crippen molar-refractivity contribution in [3.8, 4) is 0 Å². The molecule has 0 spiro atoms. The highest BCUT2D eigenvalue weighted by molar-refractivity contribution is 7.99. The molecular formula is C23H28ClN3O4S. The van der Waals surface area contributed by atoms with Crippen LogP contribution in [0.1, 0.15) is 38.8 Å². The Morgan fingerprint density at radius 1 is 1.16 bits per heavy atom. The van der Waals surface area contributed by atoms with Crippen LogP contribution in [0.5, 0.6) is 0 Å². The Morgan fingerprint density at radius 2 is 1.81 bits per heavy atom. The predicted octanol–water partition coefficient (Wildman–Crippen LogP) is 4.81. The lowest BCUT2D eigenvalue weighted by Gasteiger charge is -2.31. The number of rotatable bonds is 9. The second kappa shape index (κ2) is 11.3. The zero-order valence-corrected chi connectivity index (χ0v) is 20.2. The summed E-state index contributed by atoms with van der Waals surface area (Å²) in [5.41, 5.74) is 1.33. The quantitative estimate of drug-likeness (QED) is 0.413. The number of carbonyl (C=O) groups excluding carboxylic acids is 2. The van der Waals surface area contributed by atoms with Gasteiger partial charge in [-0.25, -0.2) is 0 Å². The van der Waals surface area contributed by atoms with Gasteiger partial charge in [-0.1, -0.05) is 35.9 Å². The van der Waals surface area contributed by atoms with Crippen LogP contribution in [-0.2, 0) is 21.9 Å². The number of hydrogen-bond acceptors (Lipinski definition) is 5. The van der Waals surface area contributed by atoms with E-state index in [-0.39, 0.29) is 29.8 Å². The van der Waals surface area contributed by atoms with Crippen LogP contribution in [-0.4, -0.2) is 39.0 Å². The minimum Gasteiger partial charge on any atom is -0.350 e. The molecular weight excluding hydrogens is 450 g/mol. The number of amides is 2. The molecule has 1 atom stereocenters. The summed E-state index contributed by atoms with van der Waals surface area (Å²) in [4.78, 5) is 37.7. The number of benzene rings is 2. The van der Waals surface area contributed by atoms with Crippen LogP contribution < -0.4 is 5.32 Å². The molecule has 2 amide bonds. The Morgan fingerprint density at radius 3 is 2.38 bits per heavy atom. The van der Waals surface area contributed by atoms with E-state index in [1.54, 1.807) is 36.1 Å². The monoisotopic (exact) mass is 477 g/mol. The molecule has 1 unspecified atom stereocenters. The van der Waals surface area contributed by atoms with E-state index in [2.05, 4.69) is 5.32 Å². The SMILES string of the molecule is CC(C(=O)NC(C)(C)C)N(Cc1cccc(Cl)c1)C(=O)CSCc1ccc([N+](=O)[O-])cc1. The van der Waals surface area contributed by atoms with Crippen molar-refractivity contribution < 1.29 is 14.5 Å². The number of non-ortho nitro benzene ring substituents is 1. The number of nitro groups is 1. The van der Waals surface area contributed by atoms with Gasteiger partial charge in [0.25, 0.3) is 5.69 Å². The Hall–Kier alpha value is -2.58. The Labute approximate surface area is 197 Å². The van der Waals surface area contributed by atoms with E-state index in [0.717, 1.165) is 11.1 Å². The Bertz CT molecular complexity index is 960. The molecule has 0 heterocycles. The second-order valence-electron chi connectivity index (χ2n) is 8.48. The smallest absolute Gasteiger partial charge is 0.269 e. The molecule has 0 aliphatic carbocycles. The van der Waals surface area contributed by atoms with E-state index in [1.807, 2.05) is 32.9 Å². The summed E-state index contributed by atoms with van der Waals surface area (Å²) in [5, 5.41) is 14.3. The molecule has 0 bridgehead atoms. The average Bonchev–Trinajstić information content (AvgIpc) is 2.70. The molecule has 0 aliphatic heterocycles. The standard InChI is InChI=1S/C23H28ClN3O4S/c1-16(22(29)25-23(2,3)4)26(13-18-6-5-7-19(24)12-18)21(28)15-32-14-17-8-10-20(11-9-17)27(30)31/h5-12,16H,13-15H2,1-4H3,(H,25,29). The van der Waals surface area contributed by atoms with Gasteiger partial charge in [-0.05, 0) is 51.0 Å². The van der Waals surface area contributed by atoms with Crippen molar-refractivity contribution in [3.05, 3.63) is 74.8 Å². The summed E-state index contributed by atoms with van der Waals surface area (Å²) in [5.74, 6) is 0.295. The van der Waals surface area contributed by atoms with Gasteiger partial charge in [0.15, 0.2) is 0 Å². The molecule has 7 nitrogen and oxygen atoms in total. The van der Waals surface area contributed by atoms with Gasteiger partial charge >= 0.3 is 0 Å². The van der Waals surface area contributed by atoms with Crippen molar-refractivity contribution in [3.63, 3.8) is 0 Å². The minimum absolute atomic E-state index is 0.0289. The first kappa shape index (κ1) is 25.7. The number of thioether (sulfide) groups is 1. The van der Waals surface area contributed by atoms with Gasteiger partial charge in [-0.3, -0.25) is 19.7 Å². The topological polar surface area (TPSA) is 92.6 Å². The van der Waals surface area contributed by atoms with Crippen LogP contribution in [0.4, 0.5) is 5.69 Å². The first-order chi connectivity index (χ1) is 15.0. The highest BCUT2D eigenvalue weighted by Crippen LogP contribution is 2.20. The third kappa shape index (κ3) is 8.16. The number of nitrogens with one attached hydrogen (secondary N) is 1. The van der Waals surface area contributed by atoms with Gasteiger partial charge in [0.1, 0.15) is 6.04 Å². The molecule has 0 fully saturated rings. The van der Waals surface area contributed by atoms with Gasteiger partial charge in [-0.2, -0.15) is 0 Å². The van der Waals surface area contributed by atoms with Crippen LogP contribution in [0.3, 0.4) is 0 Å². The van der Waals surface area contributed by atoms with Crippen LogP contribution in [0.2, 0.25) is 5.02 Å². The normalized spacial score (nSPS) is 12.2. The number of nitrogens with zero attached hydrogens (tertiary/aromatic N) is 2. The third-order valence-corrected chi connectivity index (χ3v) is 5.77. The van der Waals surface area contributed by atoms with Crippen LogP contribution in [0, 0.1) is 10.1 Å². The molecule has 2 aromatic carbocycles. The van der Waals surface area contributed by atoms with E-state index in [1.165, 1.54) is 23.9 Å². The van der Waals surface area contributed by atoms with Gasteiger partial charge in [0.05, 0.1) is 10.7 Å². The molecule has 32 heavy (non-hydrogen) atoms. The summed E-state index contributed by atoms with van der Waals surface area (Å²) >= 11 is 7.48. The zero-order chi connectivity index (χ0) is 23.9. The maximum atomic E-state index is 13.1. The Kier molecular flexibility index (Phi) is 9.09. The number of halogens is 1. The average molecular weight is 478 g/mol. The first-order valence-electron chi connectivity index (χ1n) is 10.1. The number of hydrogen-bond donors (Lipinski definition) is 1. The van der Waals surface area contributed by atoms with Gasteiger partial charge < -0.3 is 10.2 Å². The summed E-state index contributed by atoms with van der Waals surface area (Å²) in [6, 6.07) is 12.8. The van der Waals surface area contributed by atoms with Crippen LogP contribution in [0.25, 0.3) is 0 Å². The fourth-order valence-electron chi connectivity index (χ4n) is 2.94. The fourth-order valence-corrected chi connectivity index (χ4v) is 4.03. The highest BCUT2D eigenvalue weighted by atomic mass is 35.5. The molecule has 1 N–H and O–H groups in total. The second-order valence-corrected chi connectivity index (χ2v) is 9.91. The lowest BCUT2D eigenvalue weighted by Crippen LogP contribution is -2.52. The van der Waals surface area contributed by atoms with Crippen LogP contribution in [0.15, 0.2) is 48.5 Å². The summed E-state index contributed by atoms with van der Waals surface area (Å²) in [6.45, 7) is 7.64. The zero-order valence-electron chi connectivity index (χ0n) is 18.6. The fraction of sp³-hybridized carbons (Fsp3) is 0.391. The van der Waals surface area contributed by atoms with Crippen LogP contribution >= 0.6 is 23.4 Å². The van der Waals surface area contributed by atoms with Crippen molar-refractivity contribution in [1.29, 1.82) is 0 Å². The predicted molar refractivity (Wildman–Crippen MR) is 129 cm³/mol. The van der Waals surface area contributed by atoms with Crippen molar-refractivity contribution in [1.82, 2.24) is 10.2 Å². The molecule has 9 heteroatoms. The summed E-state index contributed by atoms with van der Waals surface area (Å²) in [7, 11) is 0. The lowest BCUT2D eigenvalue weighted by molar-refractivity contribution is -0.384. The van der Waals surface area contributed by atoms with E-state index in [4.69, 9.17) is 11.6 Å². The van der Waals surface area contributed by atoms with Crippen molar-refractivity contribution >= 4 is 40.9 Å². The van der Waals surface area contributed by atoms with E-state index in [0.29, 0.717) is 10.8 Å².